The van der Waals surface area contributed by atoms with Gasteiger partial charge in [0.25, 0.3) is 0 Å². The second-order valence-electron chi connectivity index (χ2n) is 5.97. The monoisotopic (exact) mass is 212 g/mol. The van der Waals surface area contributed by atoms with Crippen LogP contribution in [0.2, 0.25) is 45.3 Å². The van der Waals surface area contributed by atoms with Crippen LogP contribution in [0.15, 0.2) is 0 Å². The fourth-order valence-electron chi connectivity index (χ4n) is 1.03. The minimum absolute atomic E-state index is 0.810. The average Bonchev–Trinajstić information content (AvgIpc) is 1.81. The van der Waals surface area contributed by atoms with Crippen LogP contribution in [0, 0.1) is 11.5 Å². The van der Waals surface area contributed by atoms with Crippen LogP contribution in [0.5, 0.6) is 0 Å². The fraction of sp³-hybridized carbons (Fsp3) is 0.818. The minimum atomic E-state index is -1.10. The molecule has 0 aromatic carbocycles. The third-order valence-corrected chi connectivity index (χ3v) is 4.47. The second-order valence-corrected chi connectivity index (χ2v) is 16.3. The summed E-state index contributed by atoms with van der Waals surface area (Å²) in [6.45, 7) is 14.2. The highest BCUT2D eigenvalue weighted by molar-refractivity contribution is 6.83. The molecule has 0 heterocycles. The Bertz CT molecular complexity index is 195. The number of hydrogen-bond acceptors (Lipinski definition) is 0. The smallest absolute Gasteiger partial charge is 0.129 e. The van der Waals surface area contributed by atoms with Crippen molar-refractivity contribution in [2.45, 2.75) is 58.2 Å². The summed E-state index contributed by atoms with van der Waals surface area (Å²) in [4.78, 5) is 0. The molecule has 76 valence electrons. The first-order chi connectivity index (χ1) is 5.71. The molecule has 0 spiro atoms. The molecule has 0 atom stereocenters. The quantitative estimate of drug-likeness (QED) is 0.377. The Kier molecular flexibility index (Phi) is 5.02. The highest BCUT2D eigenvalue weighted by Gasteiger charge is 2.11. The molecule has 13 heavy (non-hydrogen) atoms. The van der Waals surface area contributed by atoms with Crippen LogP contribution >= 0.6 is 0 Å². The van der Waals surface area contributed by atoms with Gasteiger partial charge in [0.2, 0.25) is 0 Å². The van der Waals surface area contributed by atoms with Crippen molar-refractivity contribution >= 4 is 16.1 Å². The Hall–Kier alpha value is -0.00623. The van der Waals surface area contributed by atoms with E-state index in [0.29, 0.717) is 0 Å². The van der Waals surface area contributed by atoms with Crippen LogP contribution in [0.3, 0.4) is 0 Å². The van der Waals surface area contributed by atoms with Crippen molar-refractivity contribution in [3.05, 3.63) is 0 Å². The predicted molar refractivity (Wildman–Crippen MR) is 68.5 cm³/mol. The maximum Gasteiger partial charge on any atom is 0.129 e. The van der Waals surface area contributed by atoms with Gasteiger partial charge in [-0.3, -0.25) is 0 Å². The van der Waals surface area contributed by atoms with E-state index in [0.717, 1.165) is 6.42 Å². The molecule has 0 radical (unpaired) electrons. The highest BCUT2D eigenvalue weighted by Crippen LogP contribution is 2.12. The summed E-state index contributed by atoms with van der Waals surface area (Å²) in [5, 5.41) is 0. The van der Waals surface area contributed by atoms with E-state index in [2.05, 4.69) is 50.7 Å². The maximum atomic E-state index is 3.41. The molecule has 0 rings (SSSR count). The summed E-state index contributed by atoms with van der Waals surface area (Å²) < 4.78 is 0. The van der Waals surface area contributed by atoms with E-state index in [1.54, 1.807) is 0 Å². The van der Waals surface area contributed by atoms with Crippen molar-refractivity contribution in [2.24, 2.45) is 0 Å². The SMILES string of the molecule is C[Si](C)(C)C#CCCC[Si](C)(C)C. The molecular formula is C11H24Si2. The molecule has 2 heteroatoms. The van der Waals surface area contributed by atoms with Crippen molar-refractivity contribution in [3.8, 4) is 11.5 Å². The van der Waals surface area contributed by atoms with Crippen LogP contribution in [0.4, 0.5) is 0 Å². The van der Waals surface area contributed by atoms with E-state index in [9.17, 15) is 0 Å². The van der Waals surface area contributed by atoms with Crippen molar-refractivity contribution in [3.63, 3.8) is 0 Å². The van der Waals surface area contributed by atoms with Gasteiger partial charge in [0.1, 0.15) is 8.07 Å². The second kappa shape index (κ2) is 5.02. The fourth-order valence-corrected chi connectivity index (χ4v) is 2.93. The summed E-state index contributed by atoms with van der Waals surface area (Å²) in [5.41, 5.74) is 3.41. The molecule has 0 bridgehead atoms. The largest absolute Gasteiger partial charge is 0.132 e. The molecule has 0 aromatic rings. The molecule has 0 saturated carbocycles. The number of unbranched alkanes of at least 4 members (excludes halogenated alkanes) is 1. The van der Waals surface area contributed by atoms with Crippen LogP contribution < -0.4 is 0 Å². The van der Waals surface area contributed by atoms with Gasteiger partial charge in [0.15, 0.2) is 0 Å². The van der Waals surface area contributed by atoms with Crippen molar-refractivity contribution in [1.82, 2.24) is 0 Å². The summed E-state index contributed by atoms with van der Waals surface area (Å²) in [6.07, 6.45) is 2.43. The van der Waals surface area contributed by atoms with Crippen molar-refractivity contribution in [2.75, 3.05) is 0 Å². The van der Waals surface area contributed by atoms with E-state index in [-0.39, 0.29) is 0 Å². The molecular weight excluding hydrogens is 188 g/mol. The van der Waals surface area contributed by atoms with Crippen LogP contribution in [0.25, 0.3) is 0 Å². The Morgan fingerprint density at radius 2 is 1.46 bits per heavy atom. The zero-order chi connectivity index (χ0) is 10.5. The van der Waals surface area contributed by atoms with Gasteiger partial charge >= 0.3 is 0 Å². The molecule has 0 aliphatic heterocycles. The zero-order valence-electron chi connectivity index (χ0n) is 10.1. The third kappa shape index (κ3) is 12.0. The van der Waals surface area contributed by atoms with Crippen molar-refractivity contribution in [1.29, 1.82) is 0 Å². The van der Waals surface area contributed by atoms with Gasteiger partial charge in [-0.2, -0.15) is 0 Å². The molecule has 0 fully saturated rings. The molecule has 0 unspecified atom stereocenters. The van der Waals surface area contributed by atoms with Crippen LogP contribution in [0.1, 0.15) is 12.8 Å². The number of hydrogen-bond donors (Lipinski definition) is 0. The molecule has 0 aliphatic rings. The first-order valence-electron chi connectivity index (χ1n) is 5.21. The lowest BCUT2D eigenvalue weighted by Gasteiger charge is -2.13. The standard InChI is InChI=1S/C11H24Si2/c1-12(2,3)10-8-7-9-11-13(4,5)6/h7-8,10H2,1-6H3. The normalized spacial score (nSPS) is 12.2. The highest BCUT2D eigenvalue weighted by atomic mass is 28.3. The van der Waals surface area contributed by atoms with E-state index in [4.69, 9.17) is 0 Å². The van der Waals surface area contributed by atoms with Gasteiger partial charge in [-0.15, -0.1) is 11.5 Å². The van der Waals surface area contributed by atoms with Gasteiger partial charge in [-0.05, 0) is 6.42 Å². The lowest BCUT2D eigenvalue weighted by molar-refractivity contribution is 0.956. The summed E-state index contributed by atoms with van der Waals surface area (Å²) in [7, 11) is -1.91. The van der Waals surface area contributed by atoms with Gasteiger partial charge in [-0.1, -0.05) is 45.3 Å². The van der Waals surface area contributed by atoms with E-state index in [1.807, 2.05) is 0 Å². The predicted octanol–water partition coefficient (Wildman–Crippen LogP) is 3.99. The Labute approximate surface area is 86.1 Å². The van der Waals surface area contributed by atoms with Gasteiger partial charge in [0, 0.05) is 14.5 Å². The first kappa shape index (κ1) is 13.0. The lowest BCUT2D eigenvalue weighted by Crippen LogP contribution is -2.18. The van der Waals surface area contributed by atoms with Crippen molar-refractivity contribution < 1.29 is 0 Å². The third-order valence-electron chi connectivity index (χ3n) is 1.69. The average molecular weight is 212 g/mol. The molecule has 0 N–H and O–H groups in total. The lowest BCUT2D eigenvalue weighted by atomic mass is 10.4. The zero-order valence-corrected chi connectivity index (χ0v) is 12.1. The van der Waals surface area contributed by atoms with Crippen LogP contribution in [-0.2, 0) is 0 Å². The molecule has 0 aliphatic carbocycles. The first-order valence-corrected chi connectivity index (χ1v) is 12.4. The Balaban J connectivity index is 3.62. The van der Waals surface area contributed by atoms with Gasteiger partial charge in [0.05, 0.1) is 0 Å². The maximum absolute atomic E-state index is 3.41. The van der Waals surface area contributed by atoms with Gasteiger partial charge in [-0.25, -0.2) is 0 Å². The molecule has 0 nitrogen and oxygen atoms in total. The summed E-state index contributed by atoms with van der Waals surface area (Å²) in [6, 6.07) is 1.42. The topological polar surface area (TPSA) is 0 Å². The van der Waals surface area contributed by atoms with E-state index < -0.39 is 16.1 Å². The Morgan fingerprint density at radius 3 is 1.85 bits per heavy atom. The van der Waals surface area contributed by atoms with Crippen LogP contribution in [-0.4, -0.2) is 16.1 Å². The molecule has 0 amide bonds. The van der Waals surface area contributed by atoms with E-state index in [1.165, 1.54) is 12.5 Å². The summed E-state index contributed by atoms with van der Waals surface area (Å²) in [5.74, 6) is 3.33. The summed E-state index contributed by atoms with van der Waals surface area (Å²) >= 11 is 0. The molecule has 0 saturated heterocycles. The Morgan fingerprint density at radius 1 is 0.923 bits per heavy atom. The van der Waals surface area contributed by atoms with Gasteiger partial charge < -0.3 is 0 Å². The minimum Gasteiger partial charge on any atom is -0.132 e. The number of rotatable bonds is 3. The van der Waals surface area contributed by atoms with E-state index >= 15 is 0 Å². The molecule has 0 aromatic heterocycles.